The van der Waals surface area contributed by atoms with Crippen LogP contribution in [0.15, 0.2) is 142 Å². The number of rotatable bonds is 4. The Kier molecular flexibility index (Phi) is 5.83. The molecule has 6 aromatic carbocycles. The zero-order valence-corrected chi connectivity index (χ0v) is 23.6. The second-order valence-electron chi connectivity index (χ2n) is 10.8. The van der Waals surface area contributed by atoms with E-state index in [1.165, 1.54) is 26.9 Å². The number of nitrogens with two attached hydrogens (primary N) is 1. The predicted octanol–water partition coefficient (Wildman–Crippen LogP) is 9.03. The highest BCUT2D eigenvalue weighted by molar-refractivity contribution is 6.30. The highest BCUT2D eigenvalue weighted by atomic mass is 16.3. The van der Waals surface area contributed by atoms with E-state index in [0.717, 1.165) is 38.6 Å². The first-order chi connectivity index (χ1) is 21.2. The minimum absolute atomic E-state index is 0.357. The molecule has 0 saturated heterocycles. The summed E-state index contributed by atoms with van der Waals surface area (Å²) in [6, 6.07) is 42.0. The van der Waals surface area contributed by atoms with Crippen molar-refractivity contribution in [2.75, 3.05) is 5.73 Å². The van der Waals surface area contributed by atoms with Crippen molar-refractivity contribution in [1.29, 1.82) is 0 Å². The maximum Gasteiger partial charge on any atom is 0.199 e. The van der Waals surface area contributed by atoms with Gasteiger partial charge in [0.05, 0.1) is 5.56 Å². The van der Waals surface area contributed by atoms with E-state index in [-0.39, 0.29) is 6.17 Å². The average molecular weight is 557 g/mol. The molecule has 0 bridgehead atoms. The lowest BCUT2D eigenvalue weighted by Gasteiger charge is -2.25. The van der Waals surface area contributed by atoms with Crippen LogP contribution in [0.1, 0.15) is 29.8 Å². The van der Waals surface area contributed by atoms with E-state index < -0.39 is 0 Å². The summed E-state index contributed by atoms with van der Waals surface area (Å²) in [6.45, 7) is 2.00. The molecule has 1 aliphatic rings. The van der Waals surface area contributed by atoms with Crippen molar-refractivity contribution in [2.45, 2.75) is 13.1 Å². The van der Waals surface area contributed by atoms with Gasteiger partial charge < -0.3 is 15.5 Å². The number of amidine groups is 2. The first kappa shape index (κ1) is 25.1. The molecule has 43 heavy (non-hydrogen) atoms. The third-order valence-corrected chi connectivity index (χ3v) is 8.27. The van der Waals surface area contributed by atoms with Crippen LogP contribution >= 0.6 is 0 Å². The van der Waals surface area contributed by atoms with Crippen LogP contribution in [0.5, 0.6) is 0 Å². The van der Waals surface area contributed by atoms with Crippen LogP contribution < -0.4 is 11.1 Å². The Morgan fingerprint density at radius 2 is 1.40 bits per heavy atom. The first-order valence-electron chi connectivity index (χ1n) is 14.4. The lowest BCUT2D eigenvalue weighted by molar-refractivity contribution is 0.636. The van der Waals surface area contributed by atoms with Crippen LogP contribution in [-0.2, 0) is 0 Å². The number of hydrogen-bond acceptors (Lipinski definition) is 5. The number of nitrogens with one attached hydrogen (secondary N) is 1. The fraction of sp³-hybridized carbons (Fsp3) is 0.0526. The number of nitrogens with zero attached hydrogens (tertiary/aromatic N) is 2. The molecule has 5 nitrogen and oxygen atoms in total. The van der Waals surface area contributed by atoms with E-state index in [1.54, 1.807) is 0 Å². The van der Waals surface area contributed by atoms with Crippen molar-refractivity contribution in [3.05, 3.63) is 144 Å². The van der Waals surface area contributed by atoms with Crippen molar-refractivity contribution in [2.24, 2.45) is 9.98 Å². The van der Waals surface area contributed by atoms with Gasteiger partial charge in [-0.3, -0.25) is 0 Å². The fourth-order valence-electron chi connectivity index (χ4n) is 6.15. The average Bonchev–Trinajstić information content (AvgIpc) is 3.39. The van der Waals surface area contributed by atoms with Crippen molar-refractivity contribution in [1.82, 2.24) is 5.32 Å². The number of hydrogen-bond donors (Lipinski definition) is 2. The SMILES string of the molecule is C/C=C(/C1=NC(c2ccc3ccc4ccccc4c3c2)=NC(c2ccc3ccccc3c2)N1)c1c(N)oc2ccccc12. The quantitative estimate of drug-likeness (QED) is 0.212. The van der Waals surface area contributed by atoms with E-state index >= 15 is 0 Å². The maximum atomic E-state index is 6.48. The topological polar surface area (TPSA) is 75.9 Å². The van der Waals surface area contributed by atoms with Crippen LogP contribution in [0.4, 0.5) is 5.88 Å². The molecule has 1 aromatic heterocycles. The summed E-state index contributed by atoms with van der Waals surface area (Å²) in [7, 11) is 0. The number of aliphatic imine (C=N–C) groups is 2. The maximum absolute atomic E-state index is 6.48. The second-order valence-corrected chi connectivity index (χ2v) is 10.8. The Balaban J connectivity index is 1.32. The van der Waals surface area contributed by atoms with Gasteiger partial charge in [0, 0.05) is 16.5 Å². The van der Waals surface area contributed by atoms with E-state index in [9.17, 15) is 0 Å². The van der Waals surface area contributed by atoms with Crippen molar-refractivity contribution in [3.63, 3.8) is 0 Å². The third kappa shape index (κ3) is 4.25. The van der Waals surface area contributed by atoms with E-state index in [0.29, 0.717) is 17.6 Å². The molecular formula is C38H28N4O. The monoisotopic (exact) mass is 556 g/mol. The summed E-state index contributed by atoms with van der Waals surface area (Å²) in [5.41, 5.74) is 10.9. The summed E-state index contributed by atoms with van der Waals surface area (Å²) in [5, 5.41) is 11.7. The molecule has 1 atom stereocenters. The third-order valence-electron chi connectivity index (χ3n) is 8.27. The highest BCUT2D eigenvalue weighted by Crippen LogP contribution is 2.36. The molecule has 5 heteroatoms. The van der Waals surface area contributed by atoms with Gasteiger partial charge in [0.25, 0.3) is 0 Å². The van der Waals surface area contributed by atoms with Gasteiger partial charge in [-0.1, -0.05) is 109 Å². The fourth-order valence-corrected chi connectivity index (χ4v) is 6.15. The summed E-state index contributed by atoms with van der Waals surface area (Å²) in [4.78, 5) is 10.3. The Morgan fingerprint density at radius 3 is 2.23 bits per heavy atom. The number of anilines is 1. The van der Waals surface area contributed by atoms with Crippen molar-refractivity contribution >= 4 is 66.4 Å². The predicted molar refractivity (Wildman–Crippen MR) is 180 cm³/mol. The molecule has 7 aromatic rings. The second kappa shape index (κ2) is 10.00. The molecule has 206 valence electrons. The molecule has 3 N–H and O–H groups in total. The van der Waals surface area contributed by atoms with Crippen LogP contribution in [0.3, 0.4) is 0 Å². The molecule has 8 rings (SSSR count). The van der Waals surface area contributed by atoms with Gasteiger partial charge in [-0.2, -0.15) is 0 Å². The molecule has 0 saturated carbocycles. The zero-order valence-electron chi connectivity index (χ0n) is 23.6. The van der Waals surface area contributed by atoms with Crippen molar-refractivity contribution < 1.29 is 4.42 Å². The minimum Gasteiger partial charge on any atom is -0.440 e. The Hall–Kier alpha value is -5.68. The van der Waals surface area contributed by atoms with Gasteiger partial charge in [-0.25, -0.2) is 9.98 Å². The summed E-state index contributed by atoms with van der Waals surface area (Å²) in [5.74, 6) is 1.72. The lowest BCUT2D eigenvalue weighted by Crippen LogP contribution is -2.33. The van der Waals surface area contributed by atoms with Crippen LogP contribution in [0.25, 0.3) is 48.9 Å². The van der Waals surface area contributed by atoms with Crippen LogP contribution in [0, 0.1) is 0 Å². The van der Waals surface area contributed by atoms with Gasteiger partial charge in [0.15, 0.2) is 11.7 Å². The van der Waals surface area contributed by atoms with E-state index in [1.807, 2.05) is 37.3 Å². The van der Waals surface area contributed by atoms with Gasteiger partial charge in [0.1, 0.15) is 17.6 Å². The molecular weight excluding hydrogens is 528 g/mol. The molecule has 0 fully saturated rings. The van der Waals surface area contributed by atoms with Gasteiger partial charge >= 0.3 is 0 Å². The number of para-hydroxylation sites is 1. The van der Waals surface area contributed by atoms with E-state index in [4.69, 9.17) is 20.1 Å². The van der Waals surface area contributed by atoms with Crippen LogP contribution in [0.2, 0.25) is 0 Å². The summed E-state index contributed by atoms with van der Waals surface area (Å²) >= 11 is 0. The summed E-state index contributed by atoms with van der Waals surface area (Å²) in [6.07, 6.45) is 1.68. The minimum atomic E-state index is -0.357. The normalized spacial score (nSPS) is 15.6. The van der Waals surface area contributed by atoms with E-state index in [2.05, 4.69) is 102 Å². The Bertz CT molecular complexity index is 2310. The molecule has 0 spiro atoms. The number of fused-ring (bicyclic) bond motifs is 5. The van der Waals surface area contributed by atoms with Gasteiger partial charge in [0.2, 0.25) is 0 Å². The Labute approximate surface area is 248 Å². The van der Waals surface area contributed by atoms with Crippen LogP contribution in [-0.4, -0.2) is 11.7 Å². The molecule has 0 aliphatic carbocycles. The number of nitrogen functional groups attached to an aromatic ring is 1. The molecule has 0 amide bonds. The molecule has 0 radical (unpaired) electrons. The highest BCUT2D eigenvalue weighted by Gasteiger charge is 2.26. The van der Waals surface area contributed by atoms with Crippen molar-refractivity contribution in [3.8, 4) is 0 Å². The number of furan rings is 1. The largest absolute Gasteiger partial charge is 0.440 e. The zero-order chi connectivity index (χ0) is 28.9. The van der Waals surface area contributed by atoms with Gasteiger partial charge in [-0.15, -0.1) is 0 Å². The smallest absolute Gasteiger partial charge is 0.199 e. The molecule has 1 aliphatic heterocycles. The number of benzene rings is 6. The summed E-state index contributed by atoms with van der Waals surface area (Å²) < 4.78 is 5.96. The molecule has 2 heterocycles. The number of allylic oxidation sites excluding steroid dienone is 1. The van der Waals surface area contributed by atoms with Gasteiger partial charge in [-0.05, 0) is 63.0 Å². The standard InChI is InChI=1S/C38H28N4O/c1-2-29(34-31-13-7-8-14-33(31)43-35(34)39)38-41-36(27-19-15-23-9-3-4-11-26(23)21-27)40-37(42-38)28-20-18-25-17-16-24-10-5-6-12-30(24)32(25)22-28/h2-22,36H,39H2,1H3,(H,40,41,42)/b29-2+. The first-order valence-corrected chi connectivity index (χ1v) is 14.4. The lowest BCUT2D eigenvalue weighted by atomic mass is 9.98. The molecule has 1 unspecified atom stereocenters. The Morgan fingerprint density at radius 1 is 0.721 bits per heavy atom.